The molecule has 35 heavy (non-hydrogen) atoms. The third-order valence-corrected chi connectivity index (χ3v) is 5.42. The number of carbonyl (C=O) groups is 3. The van der Waals surface area contributed by atoms with Crippen molar-refractivity contribution in [3.8, 4) is 0 Å². The van der Waals surface area contributed by atoms with E-state index in [0.717, 1.165) is 16.7 Å². The van der Waals surface area contributed by atoms with Gasteiger partial charge < -0.3 is 25.4 Å². The van der Waals surface area contributed by atoms with E-state index in [1.807, 2.05) is 57.2 Å². The average molecular weight is 484 g/mol. The second kappa shape index (κ2) is 11.8. The van der Waals surface area contributed by atoms with Gasteiger partial charge in [-0.2, -0.15) is 0 Å². The summed E-state index contributed by atoms with van der Waals surface area (Å²) in [5.74, 6) is -0.935. The number of hydrogen-bond acceptors (Lipinski definition) is 5. The van der Waals surface area contributed by atoms with Crippen molar-refractivity contribution < 1.29 is 24.2 Å². The van der Waals surface area contributed by atoms with Crippen LogP contribution >= 0.6 is 0 Å². The molecule has 8 nitrogen and oxygen atoms in total. The third-order valence-electron chi connectivity index (χ3n) is 5.42. The standard InChI is InChI=1S/C27H37N3O5/c1-17-12-13-18(2)21(16-17)23(24(32)29-22-11-9-8-10-19(22)3)30(14-15-31)25(33)20(4)28-26(34)35-27(5,6)7/h8-13,16,20,23,31H,14-15H2,1-7H3,(H,28,34)(H,29,32). The Balaban J connectivity index is 2.46. The predicted octanol–water partition coefficient (Wildman–Crippen LogP) is 4.03. The molecule has 0 heterocycles. The summed E-state index contributed by atoms with van der Waals surface area (Å²) < 4.78 is 5.27. The Labute approximate surface area is 207 Å². The van der Waals surface area contributed by atoms with E-state index in [4.69, 9.17) is 4.74 Å². The molecule has 0 saturated heterocycles. The molecule has 3 amide bonds. The third kappa shape index (κ3) is 7.82. The summed E-state index contributed by atoms with van der Waals surface area (Å²) in [6.45, 7) is 11.9. The van der Waals surface area contributed by atoms with Crippen molar-refractivity contribution in [2.75, 3.05) is 18.5 Å². The molecule has 2 rings (SSSR count). The number of aliphatic hydroxyl groups is 1. The predicted molar refractivity (Wildman–Crippen MR) is 136 cm³/mol. The van der Waals surface area contributed by atoms with E-state index in [-0.39, 0.29) is 13.2 Å². The lowest BCUT2D eigenvalue weighted by Gasteiger charge is -2.34. The van der Waals surface area contributed by atoms with Crippen molar-refractivity contribution in [3.05, 3.63) is 64.7 Å². The average Bonchev–Trinajstić information content (AvgIpc) is 2.75. The molecule has 2 atom stereocenters. The first-order valence-electron chi connectivity index (χ1n) is 11.7. The molecule has 3 N–H and O–H groups in total. The van der Waals surface area contributed by atoms with Crippen LogP contribution in [0.2, 0.25) is 0 Å². The lowest BCUT2D eigenvalue weighted by Crippen LogP contribution is -2.52. The Kier molecular flexibility index (Phi) is 9.42. The molecule has 2 aromatic rings. The monoisotopic (exact) mass is 483 g/mol. The first kappa shape index (κ1) is 27.9. The van der Waals surface area contributed by atoms with Gasteiger partial charge in [-0.15, -0.1) is 0 Å². The van der Waals surface area contributed by atoms with Crippen LogP contribution in [0.3, 0.4) is 0 Å². The normalized spacial score (nSPS) is 12.9. The van der Waals surface area contributed by atoms with Crippen LogP contribution in [0.4, 0.5) is 10.5 Å². The number of para-hydroxylation sites is 1. The number of ether oxygens (including phenoxy) is 1. The number of amides is 3. The first-order valence-corrected chi connectivity index (χ1v) is 11.7. The van der Waals surface area contributed by atoms with Gasteiger partial charge in [0.1, 0.15) is 17.7 Å². The quantitative estimate of drug-likeness (QED) is 0.526. The highest BCUT2D eigenvalue weighted by molar-refractivity contribution is 5.99. The van der Waals surface area contributed by atoms with E-state index in [2.05, 4.69) is 10.6 Å². The van der Waals surface area contributed by atoms with Crippen molar-refractivity contribution in [3.63, 3.8) is 0 Å². The van der Waals surface area contributed by atoms with Crippen molar-refractivity contribution in [1.82, 2.24) is 10.2 Å². The molecular weight excluding hydrogens is 446 g/mol. The maximum absolute atomic E-state index is 13.7. The molecule has 2 unspecified atom stereocenters. The highest BCUT2D eigenvalue weighted by Crippen LogP contribution is 2.28. The van der Waals surface area contributed by atoms with Crippen molar-refractivity contribution in [2.24, 2.45) is 0 Å². The lowest BCUT2D eigenvalue weighted by molar-refractivity contribution is -0.141. The van der Waals surface area contributed by atoms with Crippen LogP contribution in [-0.4, -0.2) is 52.7 Å². The maximum Gasteiger partial charge on any atom is 0.408 e. The van der Waals surface area contributed by atoms with E-state index in [9.17, 15) is 19.5 Å². The van der Waals surface area contributed by atoms with Gasteiger partial charge in [-0.3, -0.25) is 9.59 Å². The van der Waals surface area contributed by atoms with Crippen LogP contribution in [0, 0.1) is 20.8 Å². The molecule has 8 heteroatoms. The minimum absolute atomic E-state index is 0.0988. The van der Waals surface area contributed by atoms with Crippen molar-refractivity contribution in [1.29, 1.82) is 0 Å². The Bertz CT molecular complexity index is 1060. The smallest absolute Gasteiger partial charge is 0.408 e. The lowest BCUT2D eigenvalue weighted by atomic mass is 9.96. The summed E-state index contributed by atoms with van der Waals surface area (Å²) in [4.78, 5) is 40.8. The molecule has 0 spiro atoms. The molecule has 0 aliphatic carbocycles. The number of aryl methyl sites for hydroxylation is 3. The Morgan fingerprint density at radius 1 is 1.03 bits per heavy atom. The van der Waals surface area contributed by atoms with E-state index >= 15 is 0 Å². The van der Waals surface area contributed by atoms with E-state index < -0.39 is 35.6 Å². The van der Waals surface area contributed by atoms with Crippen molar-refractivity contribution in [2.45, 2.75) is 66.2 Å². The molecule has 0 fully saturated rings. The fourth-order valence-electron chi connectivity index (χ4n) is 3.69. The fourth-order valence-corrected chi connectivity index (χ4v) is 3.69. The number of rotatable bonds is 8. The molecule has 0 aliphatic heterocycles. The highest BCUT2D eigenvalue weighted by atomic mass is 16.6. The van der Waals surface area contributed by atoms with Gasteiger partial charge in [0.05, 0.1) is 6.61 Å². The zero-order valence-electron chi connectivity index (χ0n) is 21.6. The summed E-state index contributed by atoms with van der Waals surface area (Å²) in [6, 6.07) is 11.0. The zero-order chi connectivity index (χ0) is 26.3. The maximum atomic E-state index is 13.7. The largest absolute Gasteiger partial charge is 0.444 e. The Morgan fingerprint density at radius 3 is 2.29 bits per heavy atom. The summed E-state index contributed by atoms with van der Waals surface area (Å²) in [6.07, 6.45) is -0.741. The first-order chi connectivity index (χ1) is 16.3. The number of alkyl carbamates (subject to hydrolysis) is 1. The molecule has 0 radical (unpaired) electrons. The highest BCUT2D eigenvalue weighted by Gasteiger charge is 2.35. The van der Waals surface area contributed by atoms with Crippen LogP contribution in [0.5, 0.6) is 0 Å². The van der Waals surface area contributed by atoms with Gasteiger partial charge >= 0.3 is 6.09 Å². The minimum Gasteiger partial charge on any atom is -0.444 e. The molecule has 0 aliphatic rings. The van der Waals surface area contributed by atoms with Gasteiger partial charge in [0.25, 0.3) is 5.91 Å². The number of benzene rings is 2. The van der Waals surface area contributed by atoms with Gasteiger partial charge in [0.2, 0.25) is 5.91 Å². The van der Waals surface area contributed by atoms with Crippen LogP contribution in [0.15, 0.2) is 42.5 Å². The molecular formula is C27H37N3O5. The Morgan fingerprint density at radius 2 is 1.69 bits per heavy atom. The fraction of sp³-hybridized carbons (Fsp3) is 0.444. The van der Waals surface area contributed by atoms with E-state index in [0.29, 0.717) is 11.3 Å². The topological polar surface area (TPSA) is 108 Å². The number of nitrogens with one attached hydrogen (secondary N) is 2. The number of carbonyl (C=O) groups excluding carboxylic acids is 3. The summed E-state index contributed by atoms with van der Waals surface area (Å²) in [5, 5.41) is 15.3. The van der Waals surface area contributed by atoms with Crippen LogP contribution < -0.4 is 10.6 Å². The second-order valence-electron chi connectivity index (χ2n) is 9.69. The van der Waals surface area contributed by atoms with E-state index in [1.165, 1.54) is 11.8 Å². The van der Waals surface area contributed by atoms with E-state index in [1.54, 1.807) is 26.8 Å². The molecule has 0 bridgehead atoms. The summed E-state index contributed by atoms with van der Waals surface area (Å²) in [5.41, 5.74) is 3.17. The molecule has 190 valence electrons. The SMILES string of the molecule is Cc1ccc(C)c(C(C(=O)Nc2ccccc2C)N(CCO)C(=O)C(C)NC(=O)OC(C)(C)C)c1. The van der Waals surface area contributed by atoms with Gasteiger partial charge in [0, 0.05) is 12.2 Å². The Hall–Kier alpha value is -3.39. The van der Waals surface area contributed by atoms with Gasteiger partial charge in [-0.05, 0) is 71.2 Å². The van der Waals surface area contributed by atoms with Crippen LogP contribution in [-0.2, 0) is 14.3 Å². The van der Waals surface area contributed by atoms with Crippen LogP contribution in [0.25, 0.3) is 0 Å². The number of anilines is 1. The molecule has 0 saturated carbocycles. The molecule has 2 aromatic carbocycles. The van der Waals surface area contributed by atoms with Gasteiger partial charge in [0.15, 0.2) is 0 Å². The second-order valence-corrected chi connectivity index (χ2v) is 9.69. The van der Waals surface area contributed by atoms with Crippen LogP contribution in [0.1, 0.15) is 56.0 Å². The van der Waals surface area contributed by atoms with Gasteiger partial charge in [-0.25, -0.2) is 4.79 Å². The molecule has 0 aromatic heterocycles. The van der Waals surface area contributed by atoms with Crippen molar-refractivity contribution >= 4 is 23.6 Å². The summed E-state index contributed by atoms with van der Waals surface area (Å²) in [7, 11) is 0. The summed E-state index contributed by atoms with van der Waals surface area (Å²) >= 11 is 0. The minimum atomic E-state index is -1.03. The number of hydrogen-bond donors (Lipinski definition) is 3. The van der Waals surface area contributed by atoms with Gasteiger partial charge in [-0.1, -0.05) is 42.0 Å². The zero-order valence-corrected chi connectivity index (χ0v) is 21.6. The number of aliphatic hydroxyl groups excluding tert-OH is 1. The number of nitrogens with zero attached hydrogens (tertiary/aromatic N) is 1.